The van der Waals surface area contributed by atoms with Crippen LogP contribution in [0.4, 0.5) is 8.78 Å². The van der Waals surface area contributed by atoms with Crippen LogP contribution < -0.4 is 0 Å². The zero-order valence-electron chi connectivity index (χ0n) is 11.3. The average Bonchev–Trinajstić information content (AvgIpc) is 2.93. The Morgan fingerprint density at radius 2 is 2.15 bits per heavy atom. The summed E-state index contributed by atoms with van der Waals surface area (Å²) in [6, 6.07) is 0. The zero-order valence-corrected chi connectivity index (χ0v) is 11.3. The Kier molecular flexibility index (Phi) is 5.05. The van der Waals surface area contributed by atoms with Crippen LogP contribution in [0.3, 0.4) is 0 Å². The van der Waals surface area contributed by atoms with Crippen molar-refractivity contribution in [2.24, 2.45) is 5.92 Å². The predicted octanol–water partition coefficient (Wildman–Crippen LogP) is 2.53. The van der Waals surface area contributed by atoms with Crippen LogP contribution in [0, 0.1) is 5.92 Å². The van der Waals surface area contributed by atoms with Crippen LogP contribution in [0.2, 0.25) is 0 Å². The molecular formula is C13H18F2N2O3. The standard InChI is InChI=1S/C13H18F2N2O3/c1-19-12(18)9-2-4-10(5-3-9)20-8-11-16-6-7-17(11)13(14)15/h6-7,9-10,13H,2-5,8H2,1H3. The third kappa shape index (κ3) is 3.53. The number of nitrogens with zero attached hydrogens (tertiary/aromatic N) is 2. The second-order valence-corrected chi connectivity index (χ2v) is 4.84. The SMILES string of the molecule is COC(=O)C1CCC(OCc2nccn2C(F)F)CC1. The van der Waals surface area contributed by atoms with Crippen LogP contribution in [-0.2, 0) is 20.9 Å². The number of esters is 1. The van der Waals surface area contributed by atoms with Gasteiger partial charge >= 0.3 is 12.5 Å². The summed E-state index contributed by atoms with van der Waals surface area (Å²) in [5.41, 5.74) is 0. The molecule has 1 aromatic rings. The molecule has 112 valence electrons. The summed E-state index contributed by atoms with van der Waals surface area (Å²) >= 11 is 0. The molecule has 0 unspecified atom stereocenters. The maximum atomic E-state index is 12.6. The maximum Gasteiger partial charge on any atom is 0.320 e. The van der Waals surface area contributed by atoms with Gasteiger partial charge in [-0.3, -0.25) is 9.36 Å². The van der Waals surface area contributed by atoms with Gasteiger partial charge in [0.15, 0.2) is 0 Å². The lowest BCUT2D eigenvalue weighted by molar-refractivity contribution is -0.147. The first-order valence-corrected chi connectivity index (χ1v) is 6.61. The average molecular weight is 288 g/mol. The van der Waals surface area contributed by atoms with Crippen molar-refractivity contribution in [3.05, 3.63) is 18.2 Å². The van der Waals surface area contributed by atoms with E-state index in [1.165, 1.54) is 19.5 Å². The smallest absolute Gasteiger partial charge is 0.320 e. The Hall–Kier alpha value is -1.50. The summed E-state index contributed by atoms with van der Waals surface area (Å²) in [6.07, 6.45) is 5.43. The zero-order chi connectivity index (χ0) is 14.5. The van der Waals surface area contributed by atoms with Gasteiger partial charge in [-0.25, -0.2) is 4.98 Å². The van der Waals surface area contributed by atoms with E-state index in [9.17, 15) is 13.6 Å². The molecule has 0 radical (unpaired) electrons. The minimum atomic E-state index is -2.61. The van der Waals surface area contributed by atoms with Crippen molar-refractivity contribution in [3.8, 4) is 0 Å². The number of halogens is 2. The molecule has 0 amide bonds. The molecule has 7 heteroatoms. The number of hydrogen-bond acceptors (Lipinski definition) is 4. The van der Waals surface area contributed by atoms with E-state index in [2.05, 4.69) is 4.98 Å². The maximum absolute atomic E-state index is 12.6. The summed E-state index contributed by atoms with van der Waals surface area (Å²) in [4.78, 5) is 15.2. The van der Waals surface area contributed by atoms with Crippen molar-refractivity contribution in [1.82, 2.24) is 9.55 Å². The van der Waals surface area contributed by atoms with Gasteiger partial charge in [0, 0.05) is 12.4 Å². The van der Waals surface area contributed by atoms with Crippen molar-refractivity contribution in [3.63, 3.8) is 0 Å². The molecule has 1 aromatic heterocycles. The van der Waals surface area contributed by atoms with Gasteiger partial charge in [0.2, 0.25) is 0 Å². The van der Waals surface area contributed by atoms with Gasteiger partial charge in [0.1, 0.15) is 12.4 Å². The van der Waals surface area contributed by atoms with Crippen LogP contribution in [0.5, 0.6) is 0 Å². The van der Waals surface area contributed by atoms with Crippen LogP contribution in [0.1, 0.15) is 38.1 Å². The normalized spacial score (nSPS) is 23.0. The fourth-order valence-corrected chi connectivity index (χ4v) is 2.46. The van der Waals surface area contributed by atoms with E-state index in [0.29, 0.717) is 12.8 Å². The van der Waals surface area contributed by atoms with Gasteiger partial charge in [0.05, 0.1) is 19.1 Å². The molecule has 0 atom stereocenters. The Morgan fingerprint density at radius 1 is 1.45 bits per heavy atom. The molecule has 1 heterocycles. The Bertz CT molecular complexity index is 443. The number of methoxy groups -OCH3 is 1. The van der Waals surface area contributed by atoms with E-state index >= 15 is 0 Å². The first-order valence-electron chi connectivity index (χ1n) is 6.61. The number of carbonyl (C=O) groups is 1. The van der Waals surface area contributed by atoms with E-state index in [-0.39, 0.29) is 30.4 Å². The number of carbonyl (C=O) groups excluding carboxylic acids is 1. The number of hydrogen-bond donors (Lipinski definition) is 0. The summed E-state index contributed by atoms with van der Waals surface area (Å²) in [5, 5.41) is 0. The fourth-order valence-electron chi connectivity index (χ4n) is 2.46. The summed E-state index contributed by atoms with van der Waals surface area (Å²) in [6.45, 7) is -2.54. The Morgan fingerprint density at radius 3 is 2.75 bits per heavy atom. The molecule has 20 heavy (non-hydrogen) atoms. The quantitative estimate of drug-likeness (QED) is 0.781. The van der Waals surface area contributed by atoms with Crippen molar-refractivity contribution in [2.75, 3.05) is 7.11 Å². The van der Waals surface area contributed by atoms with E-state index in [4.69, 9.17) is 9.47 Å². The highest BCUT2D eigenvalue weighted by Crippen LogP contribution is 2.27. The van der Waals surface area contributed by atoms with E-state index in [1.807, 2.05) is 0 Å². The van der Waals surface area contributed by atoms with E-state index < -0.39 is 6.55 Å². The molecule has 1 fully saturated rings. The van der Waals surface area contributed by atoms with Gasteiger partial charge in [-0.15, -0.1) is 0 Å². The molecule has 0 N–H and O–H groups in total. The van der Waals surface area contributed by atoms with E-state index in [1.54, 1.807) is 0 Å². The van der Waals surface area contributed by atoms with Crippen LogP contribution in [0.25, 0.3) is 0 Å². The Labute approximate surface area is 115 Å². The lowest BCUT2D eigenvalue weighted by Gasteiger charge is -2.26. The van der Waals surface area contributed by atoms with Gasteiger partial charge in [0.25, 0.3) is 0 Å². The van der Waals surface area contributed by atoms with E-state index in [0.717, 1.165) is 17.4 Å². The monoisotopic (exact) mass is 288 g/mol. The molecule has 0 aromatic carbocycles. The first kappa shape index (κ1) is 14.9. The molecule has 0 bridgehead atoms. The van der Waals surface area contributed by atoms with Gasteiger partial charge in [-0.2, -0.15) is 8.78 Å². The van der Waals surface area contributed by atoms with Crippen LogP contribution >= 0.6 is 0 Å². The van der Waals surface area contributed by atoms with Crippen LogP contribution in [0.15, 0.2) is 12.4 Å². The second kappa shape index (κ2) is 6.78. The number of ether oxygens (including phenoxy) is 2. The van der Waals surface area contributed by atoms with Crippen molar-refractivity contribution in [2.45, 2.75) is 44.9 Å². The van der Waals surface area contributed by atoms with Gasteiger partial charge in [-0.1, -0.05) is 0 Å². The van der Waals surface area contributed by atoms with Crippen LogP contribution in [-0.4, -0.2) is 28.7 Å². The lowest BCUT2D eigenvalue weighted by Crippen LogP contribution is -2.27. The topological polar surface area (TPSA) is 53.4 Å². The molecular weight excluding hydrogens is 270 g/mol. The minimum Gasteiger partial charge on any atom is -0.469 e. The predicted molar refractivity (Wildman–Crippen MR) is 66.0 cm³/mol. The van der Waals surface area contributed by atoms with Gasteiger partial charge < -0.3 is 9.47 Å². The molecule has 0 spiro atoms. The first-order chi connectivity index (χ1) is 9.61. The molecule has 2 rings (SSSR count). The third-order valence-electron chi connectivity index (χ3n) is 3.62. The molecule has 1 aliphatic rings. The number of alkyl halides is 2. The highest BCUT2D eigenvalue weighted by Gasteiger charge is 2.27. The number of aromatic nitrogens is 2. The summed E-state index contributed by atoms with van der Waals surface area (Å²) in [7, 11) is 1.38. The molecule has 5 nitrogen and oxygen atoms in total. The molecule has 1 aliphatic carbocycles. The highest BCUT2D eigenvalue weighted by atomic mass is 19.3. The fraction of sp³-hybridized carbons (Fsp3) is 0.692. The Balaban J connectivity index is 1.79. The molecule has 0 saturated heterocycles. The lowest BCUT2D eigenvalue weighted by atomic mass is 9.87. The molecule has 0 aliphatic heterocycles. The molecule has 1 saturated carbocycles. The van der Waals surface area contributed by atoms with Gasteiger partial charge in [-0.05, 0) is 25.7 Å². The summed E-state index contributed by atoms with van der Waals surface area (Å²) < 4.78 is 36.4. The largest absolute Gasteiger partial charge is 0.469 e. The van der Waals surface area contributed by atoms with Crippen molar-refractivity contribution < 1.29 is 23.0 Å². The number of imidazole rings is 1. The third-order valence-corrected chi connectivity index (χ3v) is 3.62. The second-order valence-electron chi connectivity index (χ2n) is 4.84. The minimum absolute atomic E-state index is 0.0151. The summed E-state index contributed by atoms with van der Waals surface area (Å²) in [5.74, 6) is -0.0327. The number of rotatable bonds is 5. The van der Waals surface area contributed by atoms with Crippen molar-refractivity contribution >= 4 is 5.97 Å². The highest BCUT2D eigenvalue weighted by molar-refractivity contribution is 5.72. The van der Waals surface area contributed by atoms with Crippen molar-refractivity contribution in [1.29, 1.82) is 0 Å².